The summed E-state index contributed by atoms with van der Waals surface area (Å²) in [4.78, 5) is 25.7. The second-order valence-corrected chi connectivity index (χ2v) is 4.74. The summed E-state index contributed by atoms with van der Waals surface area (Å²) < 4.78 is 10.7. The number of hydrogen-bond acceptors (Lipinski definition) is 4. The zero-order chi connectivity index (χ0) is 17.2. The molecule has 23 heavy (non-hydrogen) atoms. The lowest BCUT2D eigenvalue weighted by Gasteiger charge is -2.21. The summed E-state index contributed by atoms with van der Waals surface area (Å²) in [6.07, 6.45) is 1.63. The smallest absolute Gasteiger partial charge is 0.254 e. The number of carbonyl (C=O) groups is 2. The fourth-order valence-electron chi connectivity index (χ4n) is 2.00. The standard InChI is InChI=1S/C17H24N2O4/c1-5-10-23-14-9-8-13(11-15(14)22-4)17(21)19(7-3)12-16(20)18-6-2/h5,8-9,11H,1,6-7,10,12H2,2-4H3,(H,18,20). The molecular formula is C17H24N2O4. The van der Waals surface area contributed by atoms with E-state index in [4.69, 9.17) is 9.47 Å². The molecule has 0 spiro atoms. The zero-order valence-corrected chi connectivity index (χ0v) is 13.9. The number of benzene rings is 1. The van der Waals surface area contributed by atoms with Gasteiger partial charge in [0, 0.05) is 18.7 Å². The van der Waals surface area contributed by atoms with Crippen LogP contribution in [0.4, 0.5) is 0 Å². The molecule has 0 aliphatic rings. The maximum atomic E-state index is 12.5. The number of hydrogen-bond donors (Lipinski definition) is 1. The van der Waals surface area contributed by atoms with Crippen molar-refractivity contribution in [2.75, 3.05) is 33.4 Å². The molecule has 1 aromatic carbocycles. The molecule has 1 N–H and O–H groups in total. The molecular weight excluding hydrogens is 296 g/mol. The first-order valence-corrected chi connectivity index (χ1v) is 7.55. The molecule has 0 bridgehead atoms. The summed E-state index contributed by atoms with van der Waals surface area (Å²) in [5, 5.41) is 2.68. The fourth-order valence-corrected chi connectivity index (χ4v) is 2.00. The third-order valence-electron chi connectivity index (χ3n) is 3.14. The first kappa shape index (κ1) is 18.5. The summed E-state index contributed by atoms with van der Waals surface area (Å²) in [5.74, 6) is 0.593. The number of nitrogens with one attached hydrogen (secondary N) is 1. The van der Waals surface area contributed by atoms with Crippen LogP contribution in [0, 0.1) is 0 Å². The van der Waals surface area contributed by atoms with Gasteiger partial charge in [0.05, 0.1) is 13.7 Å². The Balaban J connectivity index is 2.92. The van der Waals surface area contributed by atoms with E-state index in [1.54, 1.807) is 24.3 Å². The largest absolute Gasteiger partial charge is 0.493 e. The van der Waals surface area contributed by atoms with E-state index in [2.05, 4.69) is 11.9 Å². The summed E-state index contributed by atoms with van der Waals surface area (Å²) in [6.45, 7) is 8.60. The summed E-state index contributed by atoms with van der Waals surface area (Å²) >= 11 is 0. The van der Waals surface area contributed by atoms with E-state index in [0.717, 1.165) is 0 Å². The average molecular weight is 320 g/mol. The first-order valence-electron chi connectivity index (χ1n) is 7.55. The van der Waals surface area contributed by atoms with E-state index in [1.807, 2.05) is 13.8 Å². The molecule has 0 aliphatic carbocycles. The Labute approximate surface area is 137 Å². The van der Waals surface area contributed by atoms with Gasteiger partial charge in [-0.15, -0.1) is 0 Å². The van der Waals surface area contributed by atoms with Gasteiger partial charge in [0.15, 0.2) is 11.5 Å². The van der Waals surface area contributed by atoms with Gasteiger partial charge >= 0.3 is 0 Å². The molecule has 0 saturated heterocycles. The van der Waals surface area contributed by atoms with E-state index < -0.39 is 0 Å². The number of nitrogens with zero attached hydrogens (tertiary/aromatic N) is 1. The van der Waals surface area contributed by atoms with Gasteiger partial charge in [0.1, 0.15) is 6.61 Å². The highest BCUT2D eigenvalue weighted by atomic mass is 16.5. The summed E-state index contributed by atoms with van der Waals surface area (Å²) in [7, 11) is 1.51. The minimum absolute atomic E-state index is 0.0280. The van der Waals surface area contributed by atoms with Gasteiger partial charge in [-0.1, -0.05) is 12.7 Å². The Morgan fingerprint density at radius 3 is 2.61 bits per heavy atom. The molecule has 0 atom stereocenters. The highest BCUT2D eigenvalue weighted by Crippen LogP contribution is 2.28. The number of methoxy groups -OCH3 is 1. The van der Waals surface area contributed by atoms with Crippen molar-refractivity contribution in [2.24, 2.45) is 0 Å². The van der Waals surface area contributed by atoms with E-state index in [-0.39, 0.29) is 18.4 Å². The van der Waals surface area contributed by atoms with Crippen LogP contribution in [0.1, 0.15) is 24.2 Å². The van der Waals surface area contributed by atoms with Crippen molar-refractivity contribution in [1.29, 1.82) is 0 Å². The van der Waals surface area contributed by atoms with E-state index in [0.29, 0.717) is 36.8 Å². The Bertz CT molecular complexity index is 558. The van der Waals surface area contributed by atoms with Crippen LogP contribution < -0.4 is 14.8 Å². The normalized spacial score (nSPS) is 9.87. The molecule has 126 valence electrons. The molecule has 0 aliphatic heterocycles. The second-order valence-electron chi connectivity index (χ2n) is 4.74. The molecule has 0 radical (unpaired) electrons. The number of rotatable bonds is 9. The monoisotopic (exact) mass is 320 g/mol. The van der Waals surface area contributed by atoms with Gasteiger partial charge in [0.25, 0.3) is 5.91 Å². The van der Waals surface area contributed by atoms with Crippen molar-refractivity contribution in [3.63, 3.8) is 0 Å². The van der Waals surface area contributed by atoms with Gasteiger partial charge in [-0.2, -0.15) is 0 Å². The Hall–Kier alpha value is -2.50. The van der Waals surface area contributed by atoms with Gasteiger partial charge in [-0.25, -0.2) is 0 Å². The van der Waals surface area contributed by atoms with Crippen molar-refractivity contribution >= 4 is 11.8 Å². The maximum absolute atomic E-state index is 12.5. The Kier molecular flexibility index (Phi) is 7.66. The molecule has 0 fully saturated rings. The fraction of sp³-hybridized carbons (Fsp3) is 0.412. The van der Waals surface area contributed by atoms with Crippen LogP contribution in [0.15, 0.2) is 30.9 Å². The molecule has 0 heterocycles. The topological polar surface area (TPSA) is 67.9 Å². The number of likely N-dealkylation sites (N-methyl/N-ethyl adjacent to an activating group) is 2. The third-order valence-corrected chi connectivity index (χ3v) is 3.14. The summed E-state index contributed by atoms with van der Waals surface area (Å²) in [5.41, 5.74) is 0.443. The predicted molar refractivity (Wildman–Crippen MR) is 88.9 cm³/mol. The highest BCUT2D eigenvalue weighted by molar-refractivity contribution is 5.97. The van der Waals surface area contributed by atoms with Crippen molar-refractivity contribution < 1.29 is 19.1 Å². The summed E-state index contributed by atoms with van der Waals surface area (Å²) in [6, 6.07) is 4.94. The van der Waals surface area contributed by atoms with E-state index in [1.165, 1.54) is 12.0 Å². The molecule has 6 nitrogen and oxygen atoms in total. The minimum Gasteiger partial charge on any atom is -0.493 e. The van der Waals surface area contributed by atoms with Crippen molar-refractivity contribution in [3.8, 4) is 11.5 Å². The lowest BCUT2D eigenvalue weighted by molar-refractivity contribution is -0.121. The Morgan fingerprint density at radius 1 is 1.30 bits per heavy atom. The van der Waals surface area contributed by atoms with Crippen LogP contribution in [0.2, 0.25) is 0 Å². The van der Waals surface area contributed by atoms with E-state index >= 15 is 0 Å². The van der Waals surface area contributed by atoms with Gasteiger partial charge in [-0.05, 0) is 32.0 Å². The first-order chi connectivity index (χ1) is 11.1. The van der Waals surface area contributed by atoms with Crippen LogP contribution in [0.3, 0.4) is 0 Å². The van der Waals surface area contributed by atoms with Crippen molar-refractivity contribution in [2.45, 2.75) is 13.8 Å². The number of carbonyl (C=O) groups excluding carboxylic acids is 2. The third kappa shape index (κ3) is 5.32. The molecule has 6 heteroatoms. The van der Waals surface area contributed by atoms with E-state index in [9.17, 15) is 9.59 Å². The van der Waals surface area contributed by atoms with Gasteiger partial charge in [0.2, 0.25) is 5.91 Å². The number of amides is 2. The quantitative estimate of drug-likeness (QED) is 0.705. The lowest BCUT2D eigenvalue weighted by Crippen LogP contribution is -2.40. The van der Waals surface area contributed by atoms with Crippen molar-refractivity contribution in [1.82, 2.24) is 10.2 Å². The second kappa shape index (κ2) is 9.50. The number of ether oxygens (including phenoxy) is 2. The molecule has 0 saturated carbocycles. The molecule has 0 unspecified atom stereocenters. The SMILES string of the molecule is C=CCOc1ccc(C(=O)N(CC)CC(=O)NCC)cc1OC. The Morgan fingerprint density at radius 2 is 2.04 bits per heavy atom. The molecule has 2 amide bonds. The van der Waals surface area contributed by atoms with Crippen LogP contribution in [0.5, 0.6) is 11.5 Å². The van der Waals surface area contributed by atoms with Gasteiger partial charge in [-0.3, -0.25) is 9.59 Å². The molecule has 0 aromatic heterocycles. The van der Waals surface area contributed by atoms with Crippen LogP contribution >= 0.6 is 0 Å². The van der Waals surface area contributed by atoms with Crippen molar-refractivity contribution in [3.05, 3.63) is 36.4 Å². The molecule has 1 rings (SSSR count). The maximum Gasteiger partial charge on any atom is 0.254 e. The highest BCUT2D eigenvalue weighted by Gasteiger charge is 2.18. The minimum atomic E-state index is -0.229. The molecule has 1 aromatic rings. The average Bonchev–Trinajstić information content (AvgIpc) is 2.57. The zero-order valence-electron chi connectivity index (χ0n) is 13.9. The van der Waals surface area contributed by atoms with Crippen LogP contribution in [-0.4, -0.2) is 50.1 Å². The van der Waals surface area contributed by atoms with Crippen LogP contribution in [0.25, 0.3) is 0 Å². The lowest BCUT2D eigenvalue weighted by atomic mass is 10.1. The van der Waals surface area contributed by atoms with Crippen LogP contribution in [-0.2, 0) is 4.79 Å². The van der Waals surface area contributed by atoms with Gasteiger partial charge < -0.3 is 19.7 Å². The predicted octanol–water partition coefficient (Wildman–Crippen LogP) is 1.86.